The molecule has 3 N–H and O–H groups in total. The van der Waals surface area contributed by atoms with Gasteiger partial charge in [0.2, 0.25) is 5.60 Å². The number of hydrogen-bond acceptors (Lipinski definition) is 4. The maximum absolute atomic E-state index is 12.7. The lowest BCUT2D eigenvalue weighted by Crippen LogP contribution is -2.52. The van der Waals surface area contributed by atoms with E-state index in [0.717, 1.165) is 29.3 Å². The van der Waals surface area contributed by atoms with Crippen molar-refractivity contribution in [2.75, 3.05) is 10.0 Å². The number of rotatable bonds is 5. The third-order valence-corrected chi connectivity index (χ3v) is 5.94. The van der Waals surface area contributed by atoms with Crippen LogP contribution in [0.15, 0.2) is 41.3 Å². The molecular formula is C18H18ClF3N2O4S. The van der Waals surface area contributed by atoms with Crippen molar-refractivity contribution in [1.29, 1.82) is 0 Å². The lowest BCUT2D eigenvalue weighted by atomic mass is 10.1. The first-order valence-corrected chi connectivity index (χ1v) is 10.0. The Morgan fingerprint density at radius 1 is 1.07 bits per heavy atom. The maximum Gasteiger partial charge on any atom is 0.426 e. The average Bonchev–Trinajstić information content (AvgIpc) is 2.58. The molecule has 158 valence electrons. The highest BCUT2D eigenvalue weighted by Gasteiger charge is 2.55. The number of carbonyl (C=O) groups is 1. The third-order valence-electron chi connectivity index (χ3n) is 4.25. The standard InChI is InChI=1S/C18H18ClF3N2O4S/c1-10-4-5-12(8-11(10)2)24-29(27,28)13-6-7-15(14(19)9-13)23-16(25)17(3,26)18(20,21)22/h4-9,24,26H,1-3H3,(H,23,25)/t17-/m1/s1. The van der Waals surface area contributed by atoms with E-state index < -0.39 is 27.7 Å². The lowest BCUT2D eigenvalue weighted by molar-refractivity contribution is -0.242. The summed E-state index contributed by atoms with van der Waals surface area (Å²) in [5.41, 5.74) is -1.76. The van der Waals surface area contributed by atoms with Crippen molar-refractivity contribution >= 4 is 38.9 Å². The molecule has 0 heterocycles. The van der Waals surface area contributed by atoms with Crippen molar-refractivity contribution in [2.45, 2.75) is 37.4 Å². The van der Waals surface area contributed by atoms with Crippen LogP contribution in [0.25, 0.3) is 0 Å². The summed E-state index contributed by atoms with van der Waals surface area (Å²) in [6, 6.07) is 8.03. The molecule has 11 heteroatoms. The molecule has 0 unspecified atom stereocenters. The number of aliphatic hydroxyl groups is 1. The molecule has 0 fully saturated rings. The largest absolute Gasteiger partial charge is 0.426 e. The van der Waals surface area contributed by atoms with Gasteiger partial charge >= 0.3 is 6.18 Å². The highest BCUT2D eigenvalue weighted by atomic mass is 35.5. The number of carbonyl (C=O) groups excluding carboxylic acids is 1. The molecule has 1 atom stereocenters. The van der Waals surface area contributed by atoms with Crippen LogP contribution < -0.4 is 10.0 Å². The molecule has 1 amide bonds. The van der Waals surface area contributed by atoms with Crippen LogP contribution in [0.5, 0.6) is 0 Å². The summed E-state index contributed by atoms with van der Waals surface area (Å²) >= 11 is 5.92. The first-order chi connectivity index (χ1) is 13.1. The minimum Gasteiger partial charge on any atom is -0.373 e. The Bertz CT molecular complexity index is 1050. The van der Waals surface area contributed by atoms with Crippen LogP contribution in [-0.4, -0.2) is 31.2 Å². The van der Waals surface area contributed by atoms with Gasteiger partial charge in [-0.05, 0) is 62.2 Å². The third kappa shape index (κ3) is 5.01. The zero-order valence-corrected chi connectivity index (χ0v) is 17.1. The second kappa shape index (κ2) is 7.85. The fourth-order valence-corrected chi connectivity index (χ4v) is 3.52. The van der Waals surface area contributed by atoms with Gasteiger partial charge in [-0.15, -0.1) is 0 Å². The second-order valence-corrected chi connectivity index (χ2v) is 8.66. The van der Waals surface area contributed by atoms with Crippen LogP contribution in [0.3, 0.4) is 0 Å². The fourth-order valence-electron chi connectivity index (χ4n) is 2.16. The van der Waals surface area contributed by atoms with Crippen LogP contribution in [0.2, 0.25) is 5.02 Å². The van der Waals surface area contributed by atoms with Gasteiger partial charge in [0.25, 0.3) is 15.9 Å². The molecule has 2 aromatic carbocycles. The molecule has 0 saturated carbocycles. The van der Waals surface area contributed by atoms with E-state index >= 15 is 0 Å². The molecule has 0 aliphatic heterocycles. The number of benzene rings is 2. The van der Waals surface area contributed by atoms with Gasteiger partial charge in [0.15, 0.2) is 0 Å². The molecule has 0 saturated heterocycles. The topological polar surface area (TPSA) is 95.5 Å². The van der Waals surface area contributed by atoms with Crippen molar-refractivity contribution in [3.8, 4) is 0 Å². The molecule has 0 aromatic heterocycles. The van der Waals surface area contributed by atoms with Crippen molar-refractivity contribution < 1.29 is 31.5 Å². The number of hydrogen-bond donors (Lipinski definition) is 3. The van der Waals surface area contributed by atoms with E-state index in [1.54, 1.807) is 18.2 Å². The van der Waals surface area contributed by atoms with Crippen LogP contribution >= 0.6 is 11.6 Å². The monoisotopic (exact) mass is 450 g/mol. The summed E-state index contributed by atoms with van der Waals surface area (Å²) < 4.78 is 65.6. The first kappa shape index (κ1) is 23.0. The SMILES string of the molecule is Cc1ccc(NS(=O)(=O)c2ccc(NC(=O)[C@@](C)(O)C(F)(F)F)c(Cl)c2)cc1C. The zero-order chi connectivity index (χ0) is 22.2. The number of anilines is 2. The van der Waals surface area contributed by atoms with Gasteiger partial charge in [0.1, 0.15) is 0 Å². The van der Waals surface area contributed by atoms with Crippen molar-refractivity contribution in [1.82, 2.24) is 0 Å². The first-order valence-electron chi connectivity index (χ1n) is 8.15. The lowest BCUT2D eigenvalue weighted by Gasteiger charge is -2.25. The molecule has 2 aromatic rings. The Morgan fingerprint density at radius 2 is 1.69 bits per heavy atom. The molecule has 0 aliphatic carbocycles. The minimum atomic E-state index is -5.21. The number of sulfonamides is 1. The predicted molar refractivity (Wildman–Crippen MR) is 103 cm³/mol. The molecule has 2 rings (SSSR count). The van der Waals surface area contributed by atoms with Crippen molar-refractivity contribution in [3.05, 3.63) is 52.5 Å². The average molecular weight is 451 g/mol. The highest BCUT2D eigenvalue weighted by Crippen LogP contribution is 2.33. The van der Waals surface area contributed by atoms with Gasteiger partial charge in [-0.2, -0.15) is 13.2 Å². The molecule has 0 aliphatic rings. The number of alkyl halides is 3. The predicted octanol–water partition coefficient (Wildman–Crippen LogP) is 4.01. The van der Waals surface area contributed by atoms with E-state index in [4.69, 9.17) is 11.6 Å². The van der Waals surface area contributed by atoms with E-state index in [2.05, 4.69) is 4.72 Å². The van der Waals surface area contributed by atoms with Crippen molar-refractivity contribution in [2.24, 2.45) is 0 Å². The molecule has 0 bridgehead atoms. The van der Waals surface area contributed by atoms with Gasteiger partial charge in [0, 0.05) is 5.69 Å². The zero-order valence-electron chi connectivity index (χ0n) is 15.6. The second-order valence-electron chi connectivity index (χ2n) is 6.57. The smallest absolute Gasteiger partial charge is 0.373 e. The number of amides is 1. The highest BCUT2D eigenvalue weighted by molar-refractivity contribution is 7.92. The van der Waals surface area contributed by atoms with E-state index in [-0.39, 0.29) is 15.6 Å². The quantitative estimate of drug-likeness (QED) is 0.641. The Kier molecular flexibility index (Phi) is 6.22. The number of nitrogens with one attached hydrogen (secondary N) is 2. The normalized spacial score (nSPS) is 14.2. The summed E-state index contributed by atoms with van der Waals surface area (Å²) in [4.78, 5) is 11.5. The summed E-state index contributed by atoms with van der Waals surface area (Å²) in [7, 11) is -4.04. The van der Waals surface area contributed by atoms with E-state index in [1.807, 2.05) is 19.2 Å². The molecule has 0 spiro atoms. The summed E-state index contributed by atoms with van der Waals surface area (Å²) in [5, 5.41) is 10.9. The van der Waals surface area contributed by atoms with E-state index in [9.17, 15) is 31.5 Å². The molecule has 0 radical (unpaired) electrons. The summed E-state index contributed by atoms with van der Waals surface area (Å²) in [5.74, 6) is -1.75. The van der Waals surface area contributed by atoms with Gasteiger partial charge < -0.3 is 10.4 Å². The van der Waals surface area contributed by atoms with Crippen LogP contribution in [0.1, 0.15) is 18.1 Å². The molecule has 29 heavy (non-hydrogen) atoms. The number of aryl methyl sites for hydroxylation is 2. The Hall–Kier alpha value is -2.30. The van der Waals surface area contributed by atoms with Gasteiger partial charge in [-0.3, -0.25) is 9.52 Å². The van der Waals surface area contributed by atoms with Crippen LogP contribution in [0, 0.1) is 13.8 Å². The number of halogens is 4. The Labute approximate surface area is 170 Å². The Balaban J connectivity index is 2.26. The van der Waals surface area contributed by atoms with E-state index in [0.29, 0.717) is 12.6 Å². The van der Waals surface area contributed by atoms with Crippen molar-refractivity contribution in [3.63, 3.8) is 0 Å². The van der Waals surface area contributed by atoms with Gasteiger partial charge in [-0.25, -0.2) is 8.42 Å². The van der Waals surface area contributed by atoms with Gasteiger partial charge in [-0.1, -0.05) is 17.7 Å². The summed E-state index contributed by atoms with van der Waals surface area (Å²) in [6.07, 6.45) is -5.21. The molecule has 6 nitrogen and oxygen atoms in total. The maximum atomic E-state index is 12.7. The van der Waals surface area contributed by atoms with Crippen LogP contribution in [0.4, 0.5) is 24.5 Å². The Morgan fingerprint density at radius 3 is 2.21 bits per heavy atom. The minimum absolute atomic E-state index is 0.263. The van der Waals surface area contributed by atoms with E-state index in [1.165, 1.54) is 0 Å². The summed E-state index contributed by atoms with van der Waals surface area (Å²) in [6.45, 7) is 3.98. The van der Waals surface area contributed by atoms with Crippen LogP contribution in [-0.2, 0) is 14.8 Å². The molecular weight excluding hydrogens is 433 g/mol. The fraction of sp³-hybridized carbons (Fsp3) is 0.278. The van der Waals surface area contributed by atoms with Gasteiger partial charge in [0.05, 0.1) is 15.6 Å².